The summed E-state index contributed by atoms with van der Waals surface area (Å²) in [6.45, 7) is 2.88. The summed E-state index contributed by atoms with van der Waals surface area (Å²) in [6.07, 6.45) is 1.61. The number of hydrogen-bond donors (Lipinski definition) is 1. The number of furan rings is 1. The van der Waals surface area contributed by atoms with E-state index in [0.717, 1.165) is 15.8 Å². The summed E-state index contributed by atoms with van der Waals surface area (Å²) in [5, 5.41) is 14.0. The SMILES string of the molecule is Cc1c(CNCc2occc2Br)cccc1[N+](=O)[O-]. The molecule has 100 valence electrons. The molecule has 1 heterocycles. The second-order valence-electron chi connectivity index (χ2n) is 4.11. The first-order valence-electron chi connectivity index (χ1n) is 5.75. The van der Waals surface area contributed by atoms with E-state index in [1.54, 1.807) is 19.3 Å². The Kier molecular flexibility index (Phi) is 4.34. The highest BCUT2D eigenvalue weighted by atomic mass is 79.9. The van der Waals surface area contributed by atoms with Gasteiger partial charge in [-0.15, -0.1) is 0 Å². The number of benzene rings is 1. The van der Waals surface area contributed by atoms with Crippen molar-refractivity contribution in [2.24, 2.45) is 0 Å². The third-order valence-electron chi connectivity index (χ3n) is 2.91. The van der Waals surface area contributed by atoms with Crippen LogP contribution in [-0.4, -0.2) is 4.92 Å². The summed E-state index contributed by atoms with van der Waals surface area (Å²) in [6, 6.07) is 6.93. The van der Waals surface area contributed by atoms with Crippen LogP contribution in [0.15, 0.2) is 39.4 Å². The van der Waals surface area contributed by atoms with E-state index < -0.39 is 0 Å². The van der Waals surface area contributed by atoms with Gasteiger partial charge >= 0.3 is 0 Å². The number of nitrogens with zero attached hydrogens (tertiary/aromatic N) is 1. The van der Waals surface area contributed by atoms with Gasteiger partial charge in [-0.3, -0.25) is 10.1 Å². The Morgan fingerprint density at radius 1 is 1.37 bits per heavy atom. The van der Waals surface area contributed by atoms with Crippen molar-refractivity contribution in [3.05, 3.63) is 62.0 Å². The van der Waals surface area contributed by atoms with Crippen molar-refractivity contribution in [3.8, 4) is 0 Å². The Balaban J connectivity index is 2.02. The molecule has 1 aromatic carbocycles. The van der Waals surface area contributed by atoms with Crippen LogP contribution in [0.2, 0.25) is 0 Å². The van der Waals surface area contributed by atoms with Gasteiger partial charge in [0.25, 0.3) is 5.69 Å². The van der Waals surface area contributed by atoms with Crippen molar-refractivity contribution in [1.82, 2.24) is 5.32 Å². The summed E-state index contributed by atoms with van der Waals surface area (Å²) in [7, 11) is 0. The molecule has 0 amide bonds. The van der Waals surface area contributed by atoms with Gasteiger partial charge in [0, 0.05) is 18.2 Å². The summed E-state index contributed by atoms with van der Waals surface area (Å²) >= 11 is 3.37. The van der Waals surface area contributed by atoms with Crippen molar-refractivity contribution in [1.29, 1.82) is 0 Å². The number of hydrogen-bond acceptors (Lipinski definition) is 4. The van der Waals surface area contributed by atoms with Gasteiger partial charge in [0.2, 0.25) is 0 Å². The highest BCUT2D eigenvalue weighted by molar-refractivity contribution is 9.10. The lowest BCUT2D eigenvalue weighted by atomic mass is 10.1. The van der Waals surface area contributed by atoms with Crippen LogP contribution in [0.3, 0.4) is 0 Å². The topological polar surface area (TPSA) is 68.3 Å². The molecule has 0 unspecified atom stereocenters. The zero-order chi connectivity index (χ0) is 13.8. The fourth-order valence-electron chi connectivity index (χ4n) is 1.82. The van der Waals surface area contributed by atoms with Crippen LogP contribution < -0.4 is 5.32 Å². The first-order chi connectivity index (χ1) is 9.09. The van der Waals surface area contributed by atoms with Crippen molar-refractivity contribution >= 4 is 21.6 Å². The summed E-state index contributed by atoms with van der Waals surface area (Å²) < 4.78 is 6.19. The van der Waals surface area contributed by atoms with Gasteiger partial charge in [-0.05, 0) is 34.5 Å². The Hall–Kier alpha value is -1.66. The number of nitro benzene ring substituents is 1. The lowest BCUT2D eigenvalue weighted by Gasteiger charge is -2.07. The molecule has 2 aromatic rings. The minimum Gasteiger partial charge on any atom is -0.467 e. The number of halogens is 1. The monoisotopic (exact) mass is 324 g/mol. The molecule has 0 spiro atoms. The summed E-state index contributed by atoms with van der Waals surface area (Å²) in [5.41, 5.74) is 1.76. The van der Waals surface area contributed by atoms with E-state index in [1.165, 1.54) is 6.07 Å². The van der Waals surface area contributed by atoms with E-state index in [1.807, 2.05) is 12.1 Å². The minimum absolute atomic E-state index is 0.151. The molecule has 6 heteroatoms. The third kappa shape index (κ3) is 3.21. The van der Waals surface area contributed by atoms with Crippen LogP contribution in [0.25, 0.3) is 0 Å². The second-order valence-corrected chi connectivity index (χ2v) is 4.97. The van der Waals surface area contributed by atoms with Crippen molar-refractivity contribution in [2.45, 2.75) is 20.0 Å². The maximum Gasteiger partial charge on any atom is 0.272 e. The van der Waals surface area contributed by atoms with Gasteiger partial charge in [0.15, 0.2) is 0 Å². The average molecular weight is 325 g/mol. The molecule has 0 saturated heterocycles. The van der Waals surface area contributed by atoms with Crippen LogP contribution in [-0.2, 0) is 13.1 Å². The van der Waals surface area contributed by atoms with Crippen LogP contribution >= 0.6 is 15.9 Å². The standard InChI is InChI=1S/C13H13BrN2O3/c1-9-10(3-2-4-12(9)16(17)18)7-15-8-13-11(14)5-6-19-13/h2-6,15H,7-8H2,1H3. The smallest absolute Gasteiger partial charge is 0.272 e. The minimum atomic E-state index is -0.359. The van der Waals surface area contributed by atoms with Gasteiger partial charge in [0.05, 0.1) is 22.2 Å². The number of rotatable bonds is 5. The van der Waals surface area contributed by atoms with Crippen molar-refractivity contribution in [3.63, 3.8) is 0 Å². The molecule has 0 fully saturated rings. The molecule has 2 rings (SSSR count). The molecule has 0 saturated carbocycles. The van der Waals surface area contributed by atoms with Gasteiger partial charge in [0.1, 0.15) is 5.76 Å². The van der Waals surface area contributed by atoms with Crippen LogP contribution in [0, 0.1) is 17.0 Å². The maximum atomic E-state index is 10.8. The molecule has 1 N–H and O–H groups in total. The average Bonchev–Trinajstić information content (AvgIpc) is 2.77. The molecule has 0 aliphatic rings. The molecular weight excluding hydrogens is 312 g/mol. The Labute approximate surface area is 118 Å². The maximum absolute atomic E-state index is 10.8. The number of nitro groups is 1. The normalized spacial score (nSPS) is 10.6. The van der Waals surface area contributed by atoms with Crippen LogP contribution in [0.5, 0.6) is 0 Å². The molecule has 0 radical (unpaired) electrons. The molecule has 0 aliphatic carbocycles. The highest BCUT2D eigenvalue weighted by Gasteiger charge is 2.12. The largest absolute Gasteiger partial charge is 0.467 e. The third-order valence-corrected chi connectivity index (χ3v) is 3.61. The van der Waals surface area contributed by atoms with Crippen LogP contribution in [0.1, 0.15) is 16.9 Å². The Morgan fingerprint density at radius 2 is 2.16 bits per heavy atom. The Bertz CT molecular complexity index is 595. The van der Waals surface area contributed by atoms with E-state index in [0.29, 0.717) is 18.7 Å². The summed E-state index contributed by atoms with van der Waals surface area (Å²) in [5.74, 6) is 0.808. The van der Waals surface area contributed by atoms with Gasteiger partial charge in [-0.25, -0.2) is 0 Å². The first-order valence-corrected chi connectivity index (χ1v) is 6.54. The zero-order valence-corrected chi connectivity index (χ0v) is 11.9. The van der Waals surface area contributed by atoms with Crippen molar-refractivity contribution in [2.75, 3.05) is 0 Å². The molecular formula is C13H13BrN2O3. The number of nitrogens with one attached hydrogen (secondary N) is 1. The van der Waals surface area contributed by atoms with E-state index in [9.17, 15) is 10.1 Å². The zero-order valence-electron chi connectivity index (χ0n) is 10.4. The predicted octanol–water partition coefficient (Wildman–Crippen LogP) is 3.55. The molecule has 0 bridgehead atoms. The molecule has 0 atom stereocenters. The van der Waals surface area contributed by atoms with Crippen molar-refractivity contribution < 1.29 is 9.34 Å². The van der Waals surface area contributed by atoms with E-state index >= 15 is 0 Å². The fourth-order valence-corrected chi connectivity index (χ4v) is 2.16. The second kappa shape index (κ2) is 5.99. The van der Waals surface area contributed by atoms with Gasteiger partial charge < -0.3 is 9.73 Å². The van der Waals surface area contributed by atoms with Gasteiger partial charge in [-0.2, -0.15) is 0 Å². The molecule has 19 heavy (non-hydrogen) atoms. The lowest BCUT2D eigenvalue weighted by Crippen LogP contribution is -2.13. The molecule has 5 nitrogen and oxygen atoms in total. The fraction of sp³-hybridized carbons (Fsp3) is 0.231. The quantitative estimate of drug-likeness (QED) is 0.674. The highest BCUT2D eigenvalue weighted by Crippen LogP contribution is 2.21. The lowest BCUT2D eigenvalue weighted by molar-refractivity contribution is -0.385. The molecule has 0 aliphatic heterocycles. The predicted molar refractivity (Wildman–Crippen MR) is 74.8 cm³/mol. The van der Waals surface area contributed by atoms with E-state index in [4.69, 9.17) is 4.42 Å². The Morgan fingerprint density at radius 3 is 2.79 bits per heavy atom. The summed E-state index contributed by atoms with van der Waals surface area (Å²) in [4.78, 5) is 10.5. The molecule has 1 aromatic heterocycles. The van der Waals surface area contributed by atoms with Gasteiger partial charge in [-0.1, -0.05) is 12.1 Å². The van der Waals surface area contributed by atoms with E-state index in [2.05, 4.69) is 21.2 Å². The van der Waals surface area contributed by atoms with Crippen LogP contribution in [0.4, 0.5) is 5.69 Å². The first kappa shape index (κ1) is 13.8. The van der Waals surface area contributed by atoms with E-state index in [-0.39, 0.29) is 10.6 Å².